The molecule has 4 heteroatoms. The first-order valence-electron chi connectivity index (χ1n) is 5.72. The zero-order valence-corrected chi connectivity index (χ0v) is 13.6. The third-order valence-corrected chi connectivity index (χ3v) is 4.48. The number of benzene rings is 2. The molecule has 0 saturated carbocycles. The van der Waals surface area contributed by atoms with Gasteiger partial charge in [-0.15, -0.1) is 0 Å². The van der Waals surface area contributed by atoms with Gasteiger partial charge in [-0.2, -0.15) is 0 Å². The molecule has 2 aromatic carbocycles. The fourth-order valence-electron chi connectivity index (χ4n) is 1.71. The van der Waals surface area contributed by atoms with Gasteiger partial charge in [0.15, 0.2) is 5.78 Å². The molecule has 0 amide bonds. The van der Waals surface area contributed by atoms with E-state index in [9.17, 15) is 9.18 Å². The first-order valence-corrected chi connectivity index (χ1v) is 7.76. The van der Waals surface area contributed by atoms with Gasteiger partial charge in [0.05, 0.1) is 0 Å². The van der Waals surface area contributed by atoms with Crippen LogP contribution in [0.2, 0.25) is 0 Å². The Morgan fingerprint density at radius 1 is 1.05 bits per heavy atom. The molecule has 19 heavy (non-hydrogen) atoms. The lowest BCUT2D eigenvalue weighted by atomic mass is 10.0. The second-order valence-electron chi connectivity index (χ2n) is 4.09. The van der Waals surface area contributed by atoms with E-state index in [0.717, 1.165) is 4.47 Å². The number of ketones is 1. The maximum atomic E-state index is 14.3. The summed E-state index contributed by atoms with van der Waals surface area (Å²) in [5.41, 5.74) is 1.06. The lowest BCUT2D eigenvalue weighted by Gasteiger charge is -2.14. The largest absolute Gasteiger partial charge is 0.293 e. The molecule has 0 spiro atoms. The molecular weight excluding hydrogens is 422 g/mol. The molecule has 2 aromatic rings. The maximum Gasteiger partial charge on any atom is 0.178 e. The fourth-order valence-corrected chi connectivity index (χ4v) is 2.75. The number of carbonyl (C=O) groups is 1. The van der Waals surface area contributed by atoms with Crippen molar-refractivity contribution < 1.29 is 9.18 Å². The summed E-state index contributed by atoms with van der Waals surface area (Å²) in [4.78, 5) is 12.2. The Kier molecular flexibility index (Phi) is 5.10. The molecule has 0 radical (unpaired) electrons. The summed E-state index contributed by atoms with van der Waals surface area (Å²) in [5, 5.41) is 0. The van der Waals surface area contributed by atoms with Crippen LogP contribution < -0.4 is 0 Å². The summed E-state index contributed by atoms with van der Waals surface area (Å²) in [6, 6.07) is 15.8. The average Bonchev–Trinajstić information content (AvgIpc) is 2.46. The van der Waals surface area contributed by atoms with Crippen molar-refractivity contribution in [1.82, 2.24) is 0 Å². The van der Waals surface area contributed by atoms with Crippen LogP contribution in [-0.2, 0) is 0 Å². The molecule has 0 aliphatic heterocycles. The molecular formula is C15H11BrFIO. The van der Waals surface area contributed by atoms with Crippen molar-refractivity contribution in [2.75, 3.05) is 0 Å². The number of alkyl halides is 2. The Labute approximate surface area is 133 Å². The van der Waals surface area contributed by atoms with Gasteiger partial charge in [0.1, 0.15) is 10.1 Å². The number of carbonyl (C=O) groups excluding carboxylic acids is 1. The summed E-state index contributed by atoms with van der Waals surface area (Å²) in [6.07, 6.45) is -1.29. The Hall–Kier alpha value is -0.750. The molecule has 0 saturated heterocycles. The topological polar surface area (TPSA) is 17.1 Å². The van der Waals surface area contributed by atoms with E-state index in [-0.39, 0.29) is 5.78 Å². The van der Waals surface area contributed by atoms with E-state index in [1.54, 1.807) is 48.5 Å². The van der Waals surface area contributed by atoms with Crippen molar-refractivity contribution >= 4 is 44.3 Å². The van der Waals surface area contributed by atoms with E-state index in [1.807, 2.05) is 28.7 Å². The summed E-state index contributed by atoms with van der Waals surface area (Å²) < 4.78 is 14.5. The van der Waals surface area contributed by atoms with E-state index in [2.05, 4.69) is 15.9 Å². The molecule has 0 aromatic heterocycles. The zero-order valence-electron chi connectivity index (χ0n) is 9.89. The SMILES string of the molecule is O=C(c1ccc(Br)cc1)[C@@H](I)[C@H](F)c1ccccc1. The lowest BCUT2D eigenvalue weighted by molar-refractivity contribution is 0.0964. The van der Waals surface area contributed by atoms with E-state index in [4.69, 9.17) is 0 Å². The molecule has 2 rings (SSSR count). The molecule has 0 bridgehead atoms. The third kappa shape index (κ3) is 3.63. The summed E-state index contributed by atoms with van der Waals surface area (Å²) in [6.45, 7) is 0. The maximum absolute atomic E-state index is 14.3. The smallest absolute Gasteiger partial charge is 0.178 e. The Balaban J connectivity index is 2.17. The molecule has 0 heterocycles. The highest BCUT2D eigenvalue weighted by molar-refractivity contribution is 14.1. The predicted molar refractivity (Wildman–Crippen MR) is 86.6 cm³/mol. The number of halogens is 3. The van der Waals surface area contributed by atoms with E-state index in [0.29, 0.717) is 11.1 Å². The molecule has 2 atom stereocenters. The highest BCUT2D eigenvalue weighted by Crippen LogP contribution is 2.29. The van der Waals surface area contributed by atoms with Crippen molar-refractivity contribution in [3.05, 3.63) is 70.2 Å². The van der Waals surface area contributed by atoms with Crippen LogP contribution in [0.4, 0.5) is 4.39 Å². The Bertz CT molecular complexity index is 556. The fraction of sp³-hybridized carbons (Fsp3) is 0.133. The van der Waals surface area contributed by atoms with Gasteiger partial charge in [-0.05, 0) is 17.7 Å². The molecule has 0 aliphatic carbocycles. The standard InChI is InChI=1S/C15H11BrFIO/c16-12-8-6-11(7-9-12)15(19)14(18)13(17)10-4-2-1-3-5-10/h1-9,13-14H/t13-,14+/m1/s1. The van der Waals surface area contributed by atoms with Crippen LogP contribution in [0.25, 0.3) is 0 Å². The van der Waals surface area contributed by atoms with E-state index < -0.39 is 10.1 Å². The quantitative estimate of drug-likeness (QED) is 0.371. The number of rotatable bonds is 4. The second-order valence-corrected chi connectivity index (χ2v) is 6.34. The van der Waals surface area contributed by atoms with Crippen molar-refractivity contribution in [3.63, 3.8) is 0 Å². The van der Waals surface area contributed by atoms with Crippen molar-refractivity contribution in [1.29, 1.82) is 0 Å². The Morgan fingerprint density at radius 2 is 1.63 bits per heavy atom. The molecule has 98 valence electrons. The van der Waals surface area contributed by atoms with Gasteiger partial charge in [0, 0.05) is 10.0 Å². The highest BCUT2D eigenvalue weighted by atomic mass is 127. The van der Waals surface area contributed by atoms with Crippen molar-refractivity contribution in [3.8, 4) is 0 Å². The molecule has 1 nitrogen and oxygen atoms in total. The summed E-state index contributed by atoms with van der Waals surface area (Å²) in [5.74, 6) is -0.190. The van der Waals surface area contributed by atoms with Gasteiger partial charge in [-0.3, -0.25) is 4.79 Å². The summed E-state index contributed by atoms with van der Waals surface area (Å²) in [7, 11) is 0. The van der Waals surface area contributed by atoms with Gasteiger partial charge >= 0.3 is 0 Å². The van der Waals surface area contributed by atoms with Crippen molar-refractivity contribution in [2.24, 2.45) is 0 Å². The van der Waals surface area contributed by atoms with Crippen molar-refractivity contribution in [2.45, 2.75) is 10.1 Å². The van der Waals surface area contributed by atoms with E-state index in [1.165, 1.54) is 0 Å². The normalized spacial score (nSPS) is 13.8. The minimum Gasteiger partial charge on any atom is -0.293 e. The van der Waals surface area contributed by atoms with Crippen LogP contribution in [0, 0.1) is 0 Å². The molecule has 0 aliphatic rings. The van der Waals surface area contributed by atoms with Gasteiger partial charge in [-0.25, -0.2) is 4.39 Å². The van der Waals surface area contributed by atoms with Crippen LogP contribution in [0.15, 0.2) is 59.1 Å². The van der Waals surface area contributed by atoms with Crippen LogP contribution in [0.1, 0.15) is 22.1 Å². The van der Waals surface area contributed by atoms with E-state index >= 15 is 0 Å². The monoisotopic (exact) mass is 432 g/mol. The first-order chi connectivity index (χ1) is 9.09. The second kappa shape index (κ2) is 6.61. The minimum atomic E-state index is -1.29. The van der Waals surface area contributed by atoms with Gasteiger partial charge < -0.3 is 0 Å². The predicted octanol–water partition coefficient (Wildman–Crippen LogP) is 5.15. The van der Waals surface area contributed by atoms with Gasteiger partial charge in [0.2, 0.25) is 0 Å². The first kappa shape index (κ1) is 14.7. The number of Topliss-reactive ketones (excluding diaryl/α,β-unsaturated/α-hetero) is 1. The number of hydrogen-bond acceptors (Lipinski definition) is 1. The molecule has 0 fully saturated rings. The van der Waals surface area contributed by atoms with Crippen LogP contribution in [0.5, 0.6) is 0 Å². The van der Waals surface area contributed by atoms with Crippen LogP contribution in [0.3, 0.4) is 0 Å². The third-order valence-electron chi connectivity index (χ3n) is 2.75. The highest BCUT2D eigenvalue weighted by Gasteiger charge is 2.27. The zero-order chi connectivity index (χ0) is 13.8. The number of hydrogen-bond donors (Lipinski definition) is 0. The van der Waals surface area contributed by atoms with Crippen LogP contribution in [-0.4, -0.2) is 9.71 Å². The van der Waals surface area contributed by atoms with Gasteiger partial charge in [0.25, 0.3) is 0 Å². The van der Waals surface area contributed by atoms with Gasteiger partial charge in [-0.1, -0.05) is 81.0 Å². The minimum absolute atomic E-state index is 0.190. The molecule has 0 unspecified atom stereocenters. The molecule has 0 N–H and O–H groups in total. The lowest BCUT2D eigenvalue weighted by Crippen LogP contribution is -2.19. The average molecular weight is 433 g/mol. The van der Waals surface area contributed by atoms with Crippen LogP contribution >= 0.6 is 38.5 Å². The summed E-state index contributed by atoms with van der Waals surface area (Å²) >= 11 is 5.18. The Morgan fingerprint density at radius 3 is 2.21 bits per heavy atom.